The Labute approximate surface area is 226 Å². The van der Waals surface area contributed by atoms with Crippen LogP contribution in [0, 0.1) is 11.8 Å². The van der Waals surface area contributed by atoms with Crippen molar-refractivity contribution >= 4 is 35.4 Å². The topological polar surface area (TPSA) is 139 Å². The largest absolute Gasteiger partial charge is 0.465 e. The van der Waals surface area contributed by atoms with Crippen LogP contribution < -0.4 is 0 Å². The minimum absolute atomic E-state index is 0.0889. The molecule has 0 spiro atoms. The lowest BCUT2D eigenvalue weighted by Gasteiger charge is -2.13. The Kier molecular flexibility index (Phi) is 20.6. The molecule has 0 atom stereocenters. The fourth-order valence-electron chi connectivity index (χ4n) is 3.92. The van der Waals surface area contributed by atoms with Crippen LogP contribution in [-0.4, -0.2) is 61.9 Å². The Hall–Kier alpha value is -2.78. The molecule has 0 rings (SSSR count). The first kappa shape index (κ1) is 35.2. The molecule has 0 aliphatic carbocycles. The summed E-state index contributed by atoms with van der Waals surface area (Å²) in [6.07, 6.45) is 9.17. The number of esters is 4. The molecular weight excluding hydrogens is 496 g/mol. The number of carbonyl (C=O) groups excluding carboxylic acids is 6. The number of ketones is 2. The Morgan fingerprint density at radius 3 is 0.816 bits per heavy atom. The lowest BCUT2D eigenvalue weighted by atomic mass is 9.97. The summed E-state index contributed by atoms with van der Waals surface area (Å²) in [5, 5.41) is 0. The summed E-state index contributed by atoms with van der Waals surface area (Å²) in [5.74, 6) is -7.31. The van der Waals surface area contributed by atoms with Crippen LogP contribution in [0.4, 0.5) is 0 Å². The van der Waals surface area contributed by atoms with Gasteiger partial charge in [0.05, 0.1) is 26.4 Å². The normalized spacial score (nSPS) is 10.8. The molecule has 218 valence electrons. The van der Waals surface area contributed by atoms with E-state index < -0.39 is 47.3 Å². The molecule has 0 aromatic rings. The van der Waals surface area contributed by atoms with Gasteiger partial charge in [0.1, 0.15) is 0 Å². The fourth-order valence-corrected chi connectivity index (χ4v) is 3.92. The third kappa shape index (κ3) is 14.8. The van der Waals surface area contributed by atoms with E-state index in [0.717, 1.165) is 51.4 Å². The third-order valence-corrected chi connectivity index (χ3v) is 5.83. The average Bonchev–Trinajstić information content (AvgIpc) is 2.85. The van der Waals surface area contributed by atoms with Gasteiger partial charge in [0, 0.05) is 12.8 Å². The van der Waals surface area contributed by atoms with E-state index in [1.54, 1.807) is 27.7 Å². The molecule has 0 saturated carbocycles. The highest BCUT2D eigenvalue weighted by Gasteiger charge is 2.36. The quantitative estimate of drug-likeness (QED) is 0.0795. The summed E-state index contributed by atoms with van der Waals surface area (Å²) in [6, 6.07) is 0. The summed E-state index contributed by atoms with van der Waals surface area (Å²) in [4.78, 5) is 72.6. The van der Waals surface area contributed by atoms with E-state index in [4.69, 9.17) is 18.9 Å². The number of unbranched alkanes of at least 4 members (excludes halogenated alkanes) is 9. The minimum atomic E-state index is -1.49. The van der Waals surface area contributed by atoms with Gasteiger partial charge in [-0.05, 0) is 40.5 Å². The Balaban J connectivity index is 4.05. The molecule has 0 saturated heterocycles. The number of rotatable bonds is 23. The first-order valence-corrected chi connectivity index (χ1v) is 14.0. The van der Waals surface area contributed by atoms with Gasteiger partial charge in [0.2, 0.25) is 11.8 Å². The van der Waals surface area contributed by atoms with Crippen molar-refractivity contribution in [2.24, 2.45) is 11.8 Å². The van der Waals surface area contributed by atoms with Crippen molar-refractivity contribution in [1.29, 1.82) is 0 Å². The second-order valence-electron chi connectivity index (χ2n) is 8.84. The van der Waals surface area contributed by atoms with E-state index in [1.165, 1.54) is 0 Å². The first-order chi connectivity index (χ1) is 18.2. The van der Waals surface area contributed by atoms with Crippen molar-refractivity contribution in [2.45, 2.75) is 105 Å². The first-order valence-electron chi connectivity index (χ1n) is 14.0. The molecule has 0 N–H and O–H groups in total. The van der Waals surface area contributed by atoms with E-state index in [9.17, 15) is 28.8 Å². The maximum atomic E-state index is 12.4. The number of hydrogen-bond donors (Lipinski definition) is 0. The van der Waals surface area contributed by atoms with E-state index in [2.05, 4.69) is 0 Å². The Morgan fingerprint density at radius 2 is 0.605 bits per heavy atom. The van der Waals surface area contributed by atoms with Crippen LogP contribution in [0.25, 0.3) is 0 Å². The average molecular weight is 543 g/mol. The lowest BCUT2D eigenvalue weighted by molar-refractivity contribution is -0.166. The van der Waals surface area contributed by atoms with Gasteiger partial charge < -0.3 is 18.9 Å². The van der Waals surface area contributed by atoms with Crippen LogP contribution in [0.5, 0.6) is 0 Å². The Morgan fingerprint density at radius 1 is 0.395 bits per heavy atom. The molecule has 0 fully saturated rings. The lowest BCUT2D eigenvalue weighted by Crippen LogP contribution is -2.34. The zero-order valence-electron chi connectivity index (χ0n) is 23.6. The van der Waals surface area contributed by atoms with Gasteiger partial charge in [0.15, 0.2) is 11.6 Å². The van der Waals surface area contributed by atoms with Crippen LogP contribution in [-0.2, 0) is 47.7 Å². The smallest absolute Gasteiger partial charge is 0.328 e. The van der Waals surface area contributed by atoms with Crippen molar-refractivity contribution in [1.82, 2.24) is 0 Å². The molecule has 10 nitrogen and oxygen atoms in total. The maximum absolute atomic E-state index is 12.4. The molecule has 0 aromatic heterocycles. The predicted molar refractivity (Wildman–Crippen MR) is 139 cm³/mol. The van der Waals surface area contributed by atoms with Crippen molar-refractivity contribution in [3.63, 3.8) is 0 Å². The van der Waals surface area contributed by atoms with E-state index >= 15 is 0 Å². The maximum Gasteiger partial charge on any atom is 0.328 e. The number of carbonyl (C=O) groups is 6. The monoisotopic (exact) mass is 542 g/mol. The van der Waals surface area contributed by atoms with Gasteiger partial charge in [-0.3, -0.25) is 28.8 Å². The zero-order valence-corrected chi connectivity index (χ0v) is 23.6. The van der Waals surface area contributed by atoms with Crippen molar-refractivity contribution < 1.29 is 47.7 Å². The summed E-state index contributed by atoms with van der Waals surface area (Å²) in [7, 11) is 0. The summed E-state index contributed by atoms with van der Waals surface area (Å²) >= 11 is 0. The highest BCUT2D eigenvalue weighted by Crippen LogP contribution is 2.16. The second kappa shape index (κ2) is 22.2. The van der Waals surface area contributed by atoms with Gasteiger partial charge in [-0.25, -0.2) is 0 Å². The highest BCUT2D eigenvalue weighted by atomic mass is 16.6. The van der Waals surface area contributed by atoms with Gasteiger partial charge in [-0.15, -0.1) is 0 Å². The molecule has 38 heavy (non-hydrogen) atoms. The summed E-state index contributed by atoms with van der Waals surface area (Å²) in [5.41, 5.74) is 0. The van der Waals surface area contributed by atoms with Gasteiger partial charge >= 0.3 is 23.9 Å². The molecule has 0 amide bonds. The molecule has 10 heteroatoms. The van der Waals surface area contributed by atoms with Crippen molar-refractivity contribution in [2.75, 3.05) is 26.4 Å². The molecule has 0 unspecified atom stereocenters. The zero-order chi connectivity index (χ0) is 28.8. The van der Waals surface area contributed by atoms with E-state index in [0.29, 0.717) is 12.8 Å². The van der Waals surface area contributed by atoms with Crippen LogP contribution in [0.2, 0.25) is 0 Å². The van der Waals surface area contributed by atoms with E-state index in [-0.39, 0.29) is 39.3 Å². The molecule has 0 aliphatic rings. The SMILES string of the molecule is CCOC(=O)C(C(=O)CCCCCCCCCCCCC(=O)C(C(=O)OCC)C(=O)OCC)C(=O)OCC. The number of Topliss-reactive ketones (excluding diaryl/α,β-unsaturated/α-hetero) is 2. The van der Waals surface area contributed by atoms with Crippen LogP contribution in [0.3, 0.4) is 0 Å². The molecular formula is C28H46O10. The molecule has 0 bridgehead atoms. The molecule has 0 heterocycles. The summed E-state index contributed by atoms with van der Waals surface area (Å²) < 4.78 is 19.4. The Bertz CT molecular complexity index is 648. The van der Waals surface area contributed by atoms with Crippen LogP contribution in [0.15, 0.2) is 0 Å². The third-order valence-electron chi connectivity index (χ3n) is 5.83. The highest BCUT2D eigenvalue weighted by molar-refractivity contribution is 6.15. The number of ether oxygens (including phenoxy) is 4. The van der Waals surface area contributed by atoms with E-state index in [1.807, 2.05) is 0 Å². The van der Waals surface area contributed by atoms with Crippen LogP contribution >= 0.6 is 0 Å². The van der Waals surface area contributed by atoms with Crippen molar-refractivity contribution in [3.8, 4) is 0 Å². The molecule has 0 aliphatic heterocycles. The van der Waals surface area contributed by atoms with Crippen molar-refractivity contribution in [3.05, 3.63) is 0 Å². The van der Waals surface area contributed by atoms with Crippen LogP contribution in [0.1, 0.15) is 105 Å². The fraction of sp³-hybridized carbons (Fsp3) is 0.786. The summed E-state index contributed by atoms with van der Waals surface area (Å²) in [6.45, 7) is 6.81. The standard InChI is InChI=1S/C28H46O10/c1-5-35-25(31)23(26(32)36-6-2)21(29)19-17-15-13-11-9-10-12-14-16-18-20-22(30)24(27(33)37-7-3)28(34)38-8-4/h23-24H,5-20H2,1-4H3. The van der Waals surface area contributed by atoms with Gasteiger partial charge in [-0.2, -0.15) is 0 Å². The predicted octanol–water partition coefficient (Wildman–Crippen LogP) is 4.29. The molecule has 0 aromatic carbocycles. The minimum Gasteiger partial charge on any atom is -0.465 e. The van der Waals surface area contributed by atoms with Gasteiger partial charge in [0.25, 0.3) is 0 Å². The number of hydrogen-bond acceptors (Lipinski definition) is 10. The second-order valence-corrected chi connectivity index (χ2v) is 8.84. The van der Waals surface area contributed by atoms with Gasteiger partial charge in [-0.1, -0.05) is 51.4 Å². The molecule has 0 radical (unpaired) electrons.